The van der Waals surface area contributed by atoms with E-state index >= 15 is 0 Å². The third-order valence-electron chi connectivity index (χ3n) is 2.52. The van der Waals surface area contributed by atoms with Crippen LogP contribution >= 0.6 is 11.3 Å². The fraction of sp³-hybridized carbons (Fsp3) is 0.0769. The van der Waals surface area contributed by atoms with Crippen molar-refractivity contribution < 1.29 is 9.21 Å². The third-order valence-corrected chi connectivity index (χ3v) is 3.30. The van der Waals surface area contributed by atoms with Gasteiger partial charge in [-0.1, -0.05) is 18.2 Å². The zero-order chi connectivity index (χ0) is 11.7. The molecule has 0 aliphatic carbocycles. The molecule has 2 aromatic heterocycles. The molecule has 0 fully saturated rings. The van der Waals surface area contributed by atoms with E-state index in [1.807, 2.05) is 24.3 Å². The number of Topliss-reactive ketones (excluding diaryl/α,β-unsaturated/α-hetero) is 1. The van der Waals surface area contributed by atoms with Crippen molar-refractivity contribution in [3.05, 3.63) is 52.7 Å². The summed E-state index contributed by atoms with van der Waals surface area (Å²) in [4.78, 5) is 16.9. The highest BCUT2D eigenvalue weighted by atomic mass is 32.1. The standard InChI is InChI=1S/C13H9NO2S/c15-11(6-10-7-14-8-17-10)13-5-9-3-1-2-4-12(9)16-13/h1-5,7-8H,6H2. The molecule has 2 heterocycles. The number of carbonyl (C=O) groups is 1. The number of fused-ring (bicyclic) bond motifs is 1. The fourth-order valence-electron chi connectivity index (χ4n) is 1.69. The monoisotopic (exact) mass is 243 g/mol. The molecule has 1 aromatic carbocycles. The van der Waals surface area contributed by atoms with Crippen molar-refractivity contribution in [3.8, 4) is 0 Å². The number of para-hydroxylation sites is 1. The Labute approximate surface area is 102 Å². The molecule has 0 bridgehead atoms. The zero-order valence-electron chi connectivity index (χ0n) is 8.92. The molecule has 0 saturated heterocycles. The van der Waals surface area contributed by atoms with E-state index in [2.05, 4.69) is 4.98 Å². The molecule has 0 aliphatic heterocycles. The second-order valence-corrected chi connectivity index (χ2v) is 4.69. The van der Waals surface area contributed by atoms with Gasteiger partial charge in [0.1, 0.15) is 5.58 Å². The van der Waals surface area contributed by atoms with Crippen molar-refractivity contribution in [2.45, 2.75) is 6.42 Å². The molecule has 0 N–H and O–H groups in total. The number of benzene rings is 1. The number of thiazole rings is 1. The molecule has 3 nitrogen and oxygen atoms in total. The van der Waals surface area contributed by atoms with Gasteiger partial charge in [0.05, 0.1) is 11.9 Å². The van der Waals surface area contributed by atoms with Gasteiger partial charge >= 0.3 is 0 Å². The summed E-state index contributed by atoms with van der Waals surface area (Å²) < 4.78 is 5.51. The second-order valence-electron chi connectivity index (χ2n) is 3.72. The lowest BCUT2D eigenvalue weighted by atomic mass is 10.2. The second kappa shape index (κ2) is 4.14. The van der Waals surface area contributed by atoms with Crippen molar-refractivity contribution in [1.29, 1.82) is 0 Å². The highest BCUT2D eigenvalue weighted by molar-refractivity contribution is 7.09. The smallest absolute Gasteiger partial charge is 0.203 e. The zero-order valence-corrected chi connectivity index (χ0v) is 9.74. The van der Waals surface area contributed by atoms with E-state index in [1.165, 1.54) is 11.3 Å². The van der Waals surface area contributed by atoms with Gasteiger partial charge in [-0.2, -0.15) is 0 Å². The number of hydrogen-bond acceptors (Lipinski definition) is 4. The summed E-state index contributed by atoms with van der Waals surface area (Å²) in [5, 5.41) is 0.958. The van der Waals surface area contributed by atoms with Crippen LogP contribution in [-0.4, -0.2) is 10.8 Å². The van der Waals surface area contributed by atoms with Crippen molar-refractivity contribution in [2.24, 2.45) is 0 Å². The Morgan fingerprint density at radius 3 is 3.00 bits per heavy atom. The van der Waals surface area contributed by atoms with E-state index < -0.39 is 0 Å². The summed E-state index contributed by atoms with van der Waals surface area (Å²) in [6, 6.07) is 9.40. The molecular formula is C13H9NO2S. The Morgan fingerprint density at radius 1 is 1.35 bits per heavy atom. The van der Waals surface area contributed by atoms with Gasteiger partial charge in [-0.05, 0) is 12.1 Å². The van der Waals surface area contributed by atoms with Crippen molar-refractivity contribution in [1.82, 2.24) is 4.98 Å². The van der Waals surface area contributed by atoms with Crippen LogP contribution in [0.5, 0.6) is 0 Å². The molecule has 3 aromatic rings. The number of nitrogens with zero attached hydrogens (tertiary/aromatic N) is 1. The summed E-state index contributed by atoms with van der Waals surface area (Å²) in [6.45, 7) is 0. The molecule has 0 unspecified atom stereocenters. The van der Waals surface area contributed by atoms with Crippen molar-refractivity contribution in [2.75, 3.05) is 0 Å². The van der Waals surface area contributed by atoms with Crippen LogP contribution in [0.1, 0.15) is 15.4 Å². The van der Waals surface area contributed by atoms with E-state index in [0.717, 1.165) is 15.8 Å². The Morgan fingerprint density at radius 2 is 2.24 bits per heavy atom. The van der Waals surface area contributed by atoms with Gasteiger partial charge < -0.3 is 4.42 Å². The van der Waals surface area contributed by atoms with Crippen LogP contribution in [0, 0.1) is 0 Å². The Kier molecular flexibility index (Phi) is 2.49. The van der Waals surface area contributed by atoms with Crippen LogP contribution in [0.25, 0.3) is 11.0 Å². The van der Waals surface area contributed by atoms with E-state index in [1.54, 1.807) is 17.8 Å². The molecule has 0 atom stereocenters. The van der Waals surface area contributed by atoms with Crippen LogP contribution < -0.4 is 0 Å². The number of rotatable bonds is 3. The Hall–Kier alpha value is -1.94. The molecule has 4 heteroatoms. The van der Waals surface area contributed by atoms with Crippen LogP contribution in [-0.2, 0) is 6.42 Å². The number of carbonyl (C=O) groups excluding carboxylic acids is 1. The molecule has 3 rings (SSSR count). The lowest BCUT2D eigenvalue weighted by Gasteiger charge is -1.92. The minimum Gasteiger partial charge on any atom is -0.453 e. The van der Waals surface area contributed by atoms with E-state index in [-0.39, 0.29) is 5.78 Å². The van der Waals surface area contributed by atoms with E-state index in [4.69, 9.17) is 4.42 Å². The predicted molar refractivity (Wildman–Crippen MR) is 66.4 cm³/mol. The summed E-state index contributed by atoms with van der Waals surface area (Å²) in [7, 11) is 0. The molecule has 0 spiro atoms. The first-order valence-corrected chi connectivity index (χ1v) is 6.10. The van der Waals surface area contributed by atoms with Crippen LogP contribution in [0.15, 0.2) is 46.5 Å². The lowest BCUT2D eigenvalue weighted by Crippen LogP contribution is -2.00. The predicted octanol–water partition coefficient (Wildman–Crippen LogP) is 3.31. The van der Waals surface area contributed by atoms with Crippen molar-refractivity contribution in [3.63, 3.8) is 0 Å². The lowest BCUT2D eigenvalue weighted by molar-refractivity contribution is 0.0969. The number of aromatic nitrogens is 1. The maximum absolute atomic E-state index is 12.0. The summed E-state index contributed by atoms with van der Waals surface area (Å²) in [6.07, 6.45) is 2.07. The Balaban J connectivity index is 1.90. The maximum atomic E-state index is 12.0. The van der Waals surface area contributed by atoms with Gasteiger partial charge in [0.25, 0.3) is 0 Å². The number of hydrogen-bond donors (Lipinski definition) is 0. The van der Waals surface area contributed by atoms with E-state index in [0.29, 0.717) is 12.2 Å². The topological polar surface area (TPSA) is 43.1 Å². The van der Waals surface area contributed by atoms with Gasteiger partial charge in [-0.15, -0.1) is 11.3 Å². The highest BCUT2D eigenvalue weighted by Crippen LogP contribution is 2.20. The molecular weight excluding hydrogens is 234 g/mol. The Bertz CT molecular complexity index is 622. The van der Waals surface area contributed by atoms with Crippen LogP contribution in [0.3, 0.4) is 0 Å². The SMILES string of the molecule is O=C(Cc1cncs1)c1cc2ccccc2o1. The molecule has 0 saturated carbocycles. The van der Waals surface area contributed by atoms with Crippen LogP contribution in [0.4, 0.5) is 0 Å². The average Bonchev–Trinajstić information content (AvgIpc) is 2.96. The first-order chi connectivity index (χ1) is 8.33. The molecule has 17 heavy (non-hydrogen) atoms. The normalized spacial score (nSPS) is 10.8. The van der Waals surface area contributed by atoms with E-state index in [9.17, 15) is 4.79 Å². The quantitative estimate of drug-likeness (QED) is 0.663. The average molecular weight is 243 g/mol. The molecule has 0 amide bonds. The fourth-order valence-corrected chi connectivity index (χ4v) is 2.29. The summed E-state index contributed by atoms with van der Waals surface area (Å²) in [5.74, 6) is 0.407. The number of furan rings is 1. The molecule has 0 aliphatic rings. The van der Waals surface area contributed by atoms with Crippen LogP contribution in [0.2, 0.25) is 0 Å². The molecule has 0 radical (unpaired) electrons. The summed E-state index contributed by atoms with van der Waals surface area (Å²) >= 11 is 1.48. The van der Waals surface area contributed by atoms with Gasteiger partial charge in [-0.25, -0.2) is 0 Å². The van der Waals surface area contributed by atoms with Gasteiger partial charge in [-0.3, -0.25) is 9.78 Å². The maximum Gasteiger partial charge on any atom is 0.203 e. The largest absolute Gasteiger partial charge is 0.453 e. The molecule has 84 valence electrons. The highest BCUT2D eigenvalue weighted by Gasteiger charge is 2.13. The minimum atomic E-state index is -0.00884. The first-order valence-electron chi connectivity index (χ1n) is 5.22. The van der Waals surface area contributed by atoms with Gasteiger partial charge in [0.15, 0.2) is 5.76 Å². The minimum absolute atomic E-state index is 0.00884. The van der Waals surface area contributed by atoms with Gasteiger partial charge in [0, 0.05) is 16.5 Å². The number of ketones is 1. The summed E-state index contributed by atoms with van der Waals surface area (Å²) in [5.41, 5.74) is 2.47. The van der Waals surface area contributed by atoms with Gasteiger partial charge in [0.2, 0.25) is 5.78 Å². The first kappa shape index (κ1) is 10.2. The third kappa shape index (κ3) is 1.99. The van der Waals surface area contributed by atoms with Crippen molar-refractivity contribution >= 4 is 28.1 Å².